The number of aliphatic imine (C=N–C) groups is 1. The summed E-state index contributed by atoms with van der Waals surface area (Å²) < 4.78 is 10.3. The van der Waals surface area contributed by atoms with Crippen LogP contribution in [0.25, 0.3) is 0 Å². The molecule has 1 amide bonds. The number of ether oxygens (including phenoxy) is 2. The Morgan fingerprint density at radius 3 is 2.24 bits per heavy atom. The van der Waals surface area contributed by atoms with Gasteiger partial charge in [0.1, 0.15) is 11.3 Å². The van der Waals surface area contributed by atoms with Gasteiger partial charge in [0.05, 0.1) is 6.61 Å². The topological polar surface area (TPSA) is 68.2 Å². The minimum absolute atomic E-state index is 0.0101. The SMILES string of the molecule is C=C(/N=C(\C)CCC(C(C)C)N(C)C(=O)OC(C)(C)C)C(=O)OCC. The van der Waals surface area contributed by atoms with Crippen LogP contribution in [-0.4, -0.2) is 48.0 Å². The van der Waals surface area contributed by atoms with E-state index in [1.807, 2.05) is 27.7 Å². The Kier molecular flexibility index (Phi) is 9.46. The molecular weight excluding hydrogens is 320 g/mol. The molecule has 0 aliphatic carbocycles. The summed E-state index contributed by atoms with van der Waals surface area (Å²) in [5, 5.41) is 0. The van der Waals surface area contributed by atoms with Gasteiger partial charge in [0.25, 0.3) is 0 Å². The van der Waals surface area contributed by atoms with Crippen LogP contribution in [-0.2, 0) is 14.3 Å². The van der Waals surface area contributed by atoms with Crippen molar-refractivity contribution in [3.8, 4) is 0 Å². The van der Waals surface area contributed by atoms with Crippen LogP contribution in [0.3, 0.4) is 0 Å². The molecule has 144 valence electrons. The maximum absolute atomic E-state index is 12.3. The van der Waals surface area contributed by atoms with E-state index in [2.05, 4.69) is 25.4 Å². The minimum atomic E-state index is -0.526. The molecule has 0 rings (SSSR count). The number of hydrogen-bond acceptors (Lipinski definition) is 5. The number of esters is 1. The molecule has 0 aliphatic rings. The van der Waals surface area contributed by atoms with Crippen molar-refractivity contribution in [1.82, 2.24) is 4.90 Å². The maximum atomic E-state index is 12.3. The zero-order chi connectivity index (χ0) is 19.8. The summed E-state index contributed by atoms with van der Waals surface area (Å²) in [7, 11) is 1.75. The smallest absolute Gasteiger partial charge is 0.410 e. The largest absolute Gasteiger partial charge is 0.461 e. The second-order valence-corrected chi connectivity index (χ2v) is 7.46. The Hall–Kier alpha value is -1.85. The van der Waals surface area contributed by atoms with E-state index >= 15 is 0 Å². The molecule has 0 heterocycles. The first-order chi connectivity index (χ1) is 11.4. The molecule has 0 saturated heterocycles. The van der Waals surface area contributed by atoms with Gasteiger partial charge in [0, 0.05) is 18.8 Å². The lowest BCUT2D eigenvalue weighted by Gasteiger charge is -2.33. The summed E-state index contributed by atoms with van der Waals surface area (Å²) >= 11 is 0. The van der Waals surface area contributed by atoms with Gasteiger partial charge in [-0.05, 0) is 53.4 Å². The van der Waals surface area contributed by atoms with Gasteiger partial charge < -0.3 is 14.4 Å². The van der Waals surface area contributed by atoms with Crippen molar-refractivity contribution in [1.29, 1.82) is 0 Å². The first-order valence-electron chi connectivity index (χ1n) is 8.75. The maximum Gasteiger partial charge on any atom is 0.410 e. The Morgan fingerprint density at radius 1 is 1.24 bits per heavy atom. The lowest BCUT2D eigenvalue weighted by molar-refractivity contribution is -0.138. The molecule has 0 aromatic rings. The van der Waals surface area contributed by atoms with Gasteiger partial charge in [-0.1, -0.05) is 20.4 Å². The molecule has 1 atom stereocenters. The lowest BCUT2D eigenvalue weighted by Crippen LogP contribution is -2.43. The third-order valence-corrected chi connectivity index (χ3v) is 3.59. The van der Waals surface area contributed by atoms with E-state index in [9.17, 15) is 9.59 Å². The molecule has 0 bridgehead atoms. The Morgan fingerprint density at radius 2 is 1.80 bits per heavy atom. The van der Waals surface area contributed by atoms with E-state index in [1.54, 1.807) is 18.9 Å². The van der Waals surface area contributed by atoms with E-state index in [-0.39, 0.29) is 23.8 Å². The third-order valence-electron chi connectivity index (χ3n) is 3.59. The molecular formula is C19H34N2O4. The van der Waals surface area contributed by atoms with E-state index in [0.717, 1.165) is 12.1 Å². The predicted octanol–water partition coefficient (Wildman–Crippen LogP) is 4.20. The highest BCUT2D eigenvalue weighted by Gasteiger charge is 2.27. The summed E-state index contributed by atoms with van der Waals surface area (Å²) in [4.78, 5) is 29.7. The van der Waals surface area contributed by atoms with E-state index in [0.29, 0.717) is 13.0 Å². The van der Waals surface area contributed by atoms with Crippen molar-refractivity contribution in [2.75, 3.05) is 13.7 Å². The molecule has 0 radical (unpaired) electrons. The van der Waals surface area contributed by atoms with Crippen LogP contribution >= 0.6 is 0 Å². The first kappa shape index (κ1) is 23.1. The van der Waals surface area contributed by atoms with Crippen molar-refractivity contribution in [2.45, 2.75) is 73.0 Å². The fourth-order valence-electron chi connectivity index (χ4n) is 2.35. The zero-order valence-corrected chi connectivity index (χ0v) is 17.0. The normalized spacial score (nSPS) is 13.4. The number of nitrogens with zero attached hydrogens (tertiary/aromatic N) is 2. The van der Waals surface area contributed by atoms with Crippen LogP contribution in [0.1, 0.15) is 61.3 Å². The number of amides is 1. The molecule has 25 heavy (non-hydrogen) atoms. The fraction of sp³-hybridized carbons (Fsp3) is 0.737. The van der Waals surface area contributed by atoms with Gasteiger partial charge in [-0.25, -0.2) is 9.59 Å². The molecule has 6 heteroatoms. The molecule has 0 N–H and O–H groups in total. The zero-order valence-electron chi connectivity index (χ0n) is 17.0. The number of carbonyl (C=O) groups excluding carboxylic acids is 2. The Balaban J connectivity index is 4.85. The molecule has 0 fully saturated rings. The molecule has 0 aromatic carbocycles. The summed E-state index contributed by atoms with van der Waals surface area (Å²) in [6.45, 7) is 17.2. The van der Waals surface area contributed by atoms with Crippen LogP contribution < -0.4 is 0 Å². The highest BCUT2D eigenvalue weighted by molar-refractivity contribution is 5.93. The standard InChI is InChI=1S/C19H34N2O4/c1-10-24-17(22)15(5)20-14(4)11-12-16(13(2)3)21(9)18(23)25-19(6,7)8/h13,16H,5,10-12H2,1-4,6-9H3/b20-14+. The molecule has 0 spiro atoms. The summed E-state index contributed by atoms with van der Waals surface area (Å²) in [5.74, 6) is -0.244. The molecule has 0 aromatic heterocycles. The third kappa shape index (κ3) is 9.27. The van der Waals surface area contributed by atoms with Gasteiger partial charge in [-0.2, -0.15) is 0 Å². The average Bonchev–Trinajstić information content (AvgIpc) is 2.45. The van der Waals surface area contributed by atoms with Crippen LogP contribution in [0, 0.1) is 5.92 Å². The van der Waals surface area contributed by atoms with Crippen molar-refractivity contribution >= 4 is 17.8 Å². The summed E-state index contributed by atoms with van der Waals surface area (Å²) in [6, 6.07) is 0.0101. The van der Waals surface area contributed by atoms with E-state index in [1.165, 1.54) is 0 Å². The van der Waals surface area contributed by atoms with Gasteiger partial charge >= 0.3 is 12.1 Å². The van der Waals surface area contributed by atoms with Crippen LogP contribution in [0.4, 0.5) is 4.79 Å². The highest BCUT2D eigenvalue weighted by atomic mass is 16.6. The Bertz CT molecular complexity index is 504. The lowest BCUT2D eigenvalue weighted by atomic mass is 9.97. The quantitative estimate of drug-likeness (QED) is 0.372. The van der Waals surface area contributed by atoms with Gasteiger partial charge in [0.2, 0.25) is 0 Å². The monoisotopic (exact) mass is 354 g/mol. The van der Waals surface area contributed by atoms with Crippen molar-refractivity contribution in [3.63, 3.8) is 0 Å². The first-order valence-corrected chi connectivity index (χ1v) is 8.75. The Labute approximate surface area is 152 Å². The second-order valence-electron chi connectivity index (χ2n) is 7.46. The van der Waals surface area contributed by atoms with Gasteiger partial charge in [-0.15, -0.1) is 0 Å². The van der Waals surface area contributed by atoms with Crippen molar-refractivity contribution in [2.24, 2.45) is 10.9 Å². The van der Waals surface area contributed by atoms with Crippen molar-refractivity contribution in [3.05, 3.63) is 12.3 Å². The highest BCUT2D eigenvalue weighted by Crippen LogP contribution is 2.19. The van der Waals surface area contributed by atoms with Crippen LogP contribution in [0.15, 0.2) is 17.3 Å². The van der Waals surface area contributed by atoms with Crippen LogP contribution in [0.5, 0.6) is 0 Å². The van der Waals surface area contributed by atoms with E-state index < -0.39 is 11.6 Å². The van der Waals surface area contributed by atoms with Crippen LogP contribution in [0.2, 0.25) is 0 Å². The number of carbonyl (C=O) groups is 2. The average molecular weight is 354 g/mol. The predicted molar refractivity (Wildman–Crippen MR) is 101 cm³/mol. The summed E-state index contributed by atoms with van der Waals surface area (Å²) in [6.07, 6.45) is 1.03. The van der Waals surface area contributed by atoms with E-state index in [4.69, 9.17) is 9.47 Å². The van der Waals surface area contributed by atoms with Crippen molar-refractivity contribution < 1.29 is 19.1 Å². The fourth-order valence-corrected chi connectivity index (χ4v) is 2.35. The molecule has 0 aliphatic heterocycles. The molecule has 6 nitrogen and oxygen atoms in total. The second kappa shape index (κ2) is 10.2. The minimum Gasteiger partial charge on any atom is -0.461 e. The molecule has 1 unspecified atom stereocenters. The summed E-state index contributed by atoms with van der Waals surface area (Å²) in [5.41, 5.74) is 0.351. The molecule has 0 saturated carbocycles. The number of hydrogen-bond donors (Lipinski definition) is 0. The number of rotatable bonds is 8. The van der Waals surface area contributed by atoms with Gasteiger partial charge in [-0.3, -0.25) is 4.99 Å². The van der Waals surface area contributed by atoms with Gasteiger partial charge in [0.15, 0.2) is 0 Å².